The van der Waals surface area contributed by atoms with Gasteiger partial charge in [0.1, 0.15) is 5.75 Å². The Balaban J connectivity index is 2.56. The minimum Gasteiger partial charge on any atom is -0.508 e. The first kappa shape index (κ1) is 19.1. The number of nitrogens with zero attached hydrogens (tertiary/aromatic N) is 1. The van der Waals surface area contributed by atoms with Gasteiger partial charge in [-0.1, -0.05) is 25.5 Å². The van der Waals surface area contributed by atoms with Crippen LogP contribution in [0.15, 0.2) is 24.3 Å². The highest BCUT2D eigenvalue weighted by Crippen LogP contribution is 2.35. The number of amides is 1. The summed E-state index contributed by atoms with van der Waals surface area (Å²) in [7, 11) is 0. The lowest BCUT2D eigenvalue weighted by Crippen LogP contribution is -2.13. The molecular weight excluding hydrogens is 316 g/mol. The fraction of sp³-hybridized carbons (Fsp3) is 0.450. The van der Waals surface area contributed by atoms with E-state index in [1.807, 2.05) is 19.9 Å². The average molecular weight is 344 g/mol. The van der Waals surface area contributed by atoms with E-state index in [0.717, 1.165) is 48.3 Å². The zero-order valence-electron chi connectivity index (χ0n) is 15.3. The molecule has 0 spiro atoms. The van der Waals surface area contributed by atoms with Gasteiger partial charge in [0.15, 0.2) is 0 Å². The number of benzene rings is 1. The van der Waals surface area contributed by atoms with Gasteiger partial charge < -0.3 is 20.1 Å². The number of carbonyl (C=O) groups excluding carboxylic acids is 1. The summed E-state index contributed by atoms with van der Waals surface area (Å²) in [5, 5.41) is 9.86. The maximum Gasteiger partial charge on any atom is 0.251 e. The van der Waals surface area contributed by atoms with Crippen LogP contribution in [0.3, 0.4) is 0 Å². The van der Waals surface area contributed by atoms with Crippen molar-refractivity contribution in [2.45, 2.75) is 46.6 Å². The monoisotopic (exact) mass is 344 g/mol. The number of hydrogen-bond acceptors (Lipinski definition) is 3. The summed E-state index contributed by atoms with van der Waals surface area (Å²) in [6.07, 6.45) is 2.67. The molecule has 1 amide bonds. The normalized spacial score (nSPS) is 11.0. The molecule has 1 heterocycles. The number of phenolic OH excluding ortho intramolecular Hbond substituents is 1. The molecular formula is C20H28N2O3. The van der Waals surface area contributed by atoms with Crippen molar-refractivity contribution >= 4 is 5.91 Å². The first-order valence-corrected chi connectivity index (χ1v) is 8.90. The van der Waals surface area contributed by atoms with Crippen molar-refractivity contribution in [1.82, 2.24) is 4.57 Å². The smallest absolute Gasteiger partial charge is 0.251 e. The van der Waals surface area contributed by atoms with Crippen LogP contribution in [0, 0.1) is 6.92 Å². The maximum atomic E-state index is 12.2. The summed E-state index contributed by atoms with van der Waals surface area (Å²) < 4.78 is 7.62. The minimum atomic E-state index is -0.434. The molecule has 1 aromatic heterocycles. The van der Waals surface area contributed by atoms with E-state index in [4.69, 9.17) is 10.5 Å². The molecule has 3 N–H and O–H groups in total. The van der Waals surface area contributed by atoms with Crippen molar-refractivity contribution in [2.24, 2.45) is 5.73 Å². The molecule has 0 fully saturated rings. The predicted molar refractivity (Wildman–Crippen MR) is 99.9 cm³/mol. The van der Waals surface area contributed by atoms with Crippen LogP contribution in [-0.2, 0) is 17.7 Å². The molecule has 0 aliphatic rings. The number of nitrogens with two attached hydrogens (primary N) is 1. The number of aromatic nitrogens is 1. The van der Waals surface area contributed by atoms with Crippen LogP contribution in [0.4, 0.5) is 0 Å². The van der Waals surface area contributed by atoms with Crippen molar-refractivity contribution in [3.8, 4) is 16.9 Å². The fourth-order valence-electron chi connectivity index (χ4n) is 3.34. The SMILES string of the molecule is CCCc1c(-c2cccc(O)c2)c(C(N)=O)c(C)n1CCCOCC. The largest absolute Gasteiger partial charge is 0.508 e. The molecule has 0 bridgehead atoms. The molecule has 5 nitrogen and oxygen atoms in total. The van der Waals surface area contributed by atoms with Crippen LogP contribution in [0.1, 0.15) is 48.4 Å². The number of aromatic hydroxyl groups is 1. The predicted octanol–water partition coefficient (Wildman–Crippen LogP) is 3.65. The van der Waals surface area contributed by atoms with Crippen molar-refractivity contribution in [3.63, 3.8) is 0 Å². The summed E-state index contributed by atoms with van der Waals surface area (Å²) >= 11 is 0. The Kier molecular flexibility index (Phi) is 6.65. The van der Waals surface area contributed by atoms with E-state index < -0.39 is 5.91 Å². The number of hydrogen-bond donors (Lipinski definition) is 2. The molecule has 0 saturated heterocycles. The molecule has 0 atom stereocenters. The Morgan fingerprint density at radius 1 is 1.32 bits per heavy atom. The van der Waals surface area contributed by atoms with Gasteiger partial charge in [-0.25, -0.2) is 0 Å². The Labute approximate surface area is 149 Å². The first-order valence-electron chi connectivity index (χ1n) is 8.90. The highest BCUT2D eigenvalue weighted by Gasteiger charge is 2.24. The lowest BCUT2D eigenvalue weighted by Gasteiger charge is -2.13. The number of primary amides is 1. The molecule has 25 heavy (non-hydrogen) atoms. The lowest BCUT2D eigenvalue weighted by atomic mass is 9.98. The van der Waals surface area contributed by atoms with Gasteiger partial charge in [-0.05, 0) is 44.4 Å². The van der Waals surface area contributed by atoms with Crippen molar-refractivity contribution in [3.05, 3.63) is 41.2 Å². The molecule has 136 valence electrons. The van der Waals surface area contributed by atoms with Crippen molar-refractivity contribution in [1.29, 1.82) is 0 Å². The third-order valence-electron chi connectivity index (χ3n) is 4.37. The quantitative estimate of drug-likeness (QED) is 0.682. The van der Waals surface area contributed by atoms with E-state index >= 15 is 0 Å². The molecule has 0 radical (unpaired) electrons. The molecule has 0 aliphatic heterocycles. The maximum absolute atomic E-state index is 12.2. The van der Waals surface area contributed by atoms with Gasteiger partial charge in [0.05, 0.1) is 5.56 Å². The molecule has 5 heteroatoms. The summed E-state index contributed by atoms with van der Waals surface area (Å²) in [5.74, 6) is -0.256. The van der Waals surface area contributed by atoms with E-state index in [2.05, 4.69) is 11.5 Å². The van der Waals surface area contributed by atoms with Gasteiger partial charge in [0.2, 0.25) is 0 Å². The third-order valence-corrected chi connectivity index (χ3v) is 4.37. The zero-order valence-corrected chi connectivity index (χ0v) is 15.3. The molecule has 0 aliphatic carbocycles. The molecule has 2 aromatic rings. The summed E-state index contributed by atoms with van der Waals surface area (Å²) in [5.41, 5.74) is 9.90. The molecule has 1 aromatic carbocycles. The van der Waals surface area contributed by atoms with Crippen LogP contribution in [0.5, 0.6) is 5.75 Å². The second-order valence-electron chi connectivity index (χ2n) is 6.15. The second-order valence-corrected chi connectivity index (χ2v) is 6.15. The van der Waals surface area contributed by atoms with Gasteiger partial charge in [0.25, 0.3) is 5.91 Å². The minimum absolute atomic E-state index is 0.178. The van der Waals surface area contributed by atoms with Crippen molar-refractivity contribution < 1.29 is 14.6 Å². The van der Waals surface area contributed by atoms with Crippen LogP contribution in [0.2, 0.25) is 0 Å². The van der Waals surface area contributed by atoms with E-state index in [9.17, 15) is 9.90 Å². The van der Waals surface area contributed by atoms with Crippen LogP contribution < -0.4 is 5.73 Å². The van der Waals surface area contributed by atoms with Gasteiger partial charge >= 0.3 is 0 Å². The summed E-state index contributed by atoms with van der Waals surface area (Å²) in [4.78, 5) is 12.2. The van der Waals surface area contributed by atoms with E-state index in [0.29, 0.717) is 18.8 Å². The van der Waals surface area contributed by atoms with Gasteiger partial charge in [-0.15, -0.1) is 0 Å². The highest BCUT2D eigenvalue weighted by molar-refractivity contribution is 6.02. The fourth-order valence-corrected chi connectivity index (χ4v) is 3.34. The zero-order chi connectivity index (χ0) is 18.4. The number of carbonyl (C=O) groups is 1. The van der Waals surface area contributed by atoms with Crippen LogP contribution >= 0.6 is 0 Å². The Bertz CT molecular complexity index is 735. The van der Waals surface area contributed by atoms with E-state index in [1.165, 1.54) is 0 Å². The van der Waals surface area contributed by atoms with E-state index in [1.54, 1.807) is 18.2 Å². The second kappa shape index (κ2) is 8.72. The number of ether oxygens (including phenoxy) is 1. The van der Waals surface area contributed by atoms with E-state index in [-0.39, 0.29) is 5.75 Å². The molecule has 2 rings (SSSR count). The Morgan fingerprint density at radius 3 is 2.68 bits per heavy atom. The molecule has 0 unspecified atom stereocenters. The Hall–Kier alpha value is -2.27. The standard InChI is InChI=1S/C20H28N2O3/c1-4-8-17-19(15-9-6-10-16(23)13-15)18(20(21)24)14(3)22(17)11-7-12-25-5-2/h6,9-10,13,23H,4-5,7-8,11-12H2,1-3H3,(H2,21,24). The van der Waals surface area contributed by atoms with Gasteiger partial charge in [0, 0.05) is 36.7 Å². The highest BCUT2D eigenvalue weighted by atomic mass is 16.5. The summed E-state index contributed by atoms with van der Waals surface area (Å²) in [6, 6.07) is 7.00. The summed E-state index contributed by atoms with van der Waals surface area (Å²) in [6.45, 7) is 8.20. The molecule has 0 saturated carbocycles. The first-order chi connectivity index (χ1) is 12.0. The number of rotatable bonds is 9. The average Bonchev–Trinajstić information content (AvgIpc) is 2.84. The van der Waals surface area contributed by atoms with Crippen LogP contribution in [-0.4, -0.2) is 28.8 Å². The van der Waals surface area contributed by atoms with Gasteiger partial charge in [-0.3, -0.25) is 4.79 Å². The third kappa shape index (κ3) is 4.23. The topological polar surface area (TPSA) is 77.5 Å². The van der Waals surface area contributed by atoms with Crippen molar-refractivity contribution in [2.75, 3.05) is 13.2 Å². The lowest BCUT2D eigenvalue weighted by molar-refractivity contribution is 0.1000. The number of phenols is 1. The van der Waals surface area contributed by atoms with Gasteiger partial charge in [-0.2, -0.15) is 0 Å². The Morgan fingerprint density at radius 2 is 2.08 bits per heavy atom. The van der Waals surface area contributed by atoms with Crippen LogP contribution in [0.25, 0.3) is 11.1 Å².